The number of nitrogens with zero attached hydrogens (tertiary/aromatic N) is 1. The number of anilines is 1. The molecule has 0 saturated carbocycles. The van der Waals surface area contributed by atoms with Crippen LogP contribution in [0.5, 0.6) is 11.5 Å². The largest absolute Gasteiger partial charge is 0.497 e. The Labute approximate surface area is 164 Å². The molecule has 1 N–H and O–H groups in total. The topological polar surface area (TPSA) is 84.9 Å². The van der Waals surface area contributed by atoms with Gasteiger partial charge in [-0.05, 0) is 49.4 Å². The lowest BCUT2D eigenvalue weighted by Gasteiger charge is -2.18. The molecule has 0 aromatic heterocycles. The number of hydrogen-bond donors (Lipinski definition) is 1. The average Bonchev–Trinajstić information content (AvgIpc) is 2.68. The zero-order valence-electron chi connectivity index (χ0n) is 16.4. The zero-order chi connectivity index (χ0) is 20.7. The molecule has 0 bridgehead atoms. The third kappa shape index (κ3) is 5.57. The molecule has 2 amide bonds. The number of methoxy groups -OCH3 is 2. The van der Waals surface area contributed by atoms with Gasteiger partial charge in [0, 0.05) is 23.9 Å². The first-order chi connectivity index (χ1) is 13.3. The first kappa shape index (κ1) is 21.0. The molecule has 0 saturated heterocycles. The average molecular weight is 384 g/mol. The molecule has 7 nitrogen and oxygen atoms in total. The highest BCUT2D eigenvalue weighted by Crippen LogP contribution is 2.21. The minimum absolute atomic E-state index is 0.0244. The highest BCUT2D eigenvalue weighted by molar-refractivity contribution is 5.96. The van der Waals surface area contributed by atoms with Crippen molar-refractivity contribution in [2.75, 3.05) is 33.1 Å². The maximum atomic E-state index is 12.5. The fourth-order valence-electron chi connectivity index (χ4n) is 2.61. The lowest BCUT2D eigenvalue weighted by Crippen LogP contribution is -2.35. The summed E-state index contributed by atoms with van der Waals surface area (Å²) in [5, 5.41) is 2.73. The Kier molecular flexibility index (Phi) is 7.14. The van der Waals surface area contributed by atoms with Gasteiger partial charge in [0.25, 0.3) is 0 Å². The van der Waals surface area contributed by atoms with Crippen LogP contribution in [0.1, 0.15) is 22.8 Å². The van der Waals surface area contributed by atoms with Gasteiger partial charge in [-0.2, -0.15) is 0 Å². The number of ether oxygens (including phenoxy) is 2. The Balaban J connectivity index is 1.99. The van der Waals surface area contributed by atoms with Gasteiger partial charge in [-0.15, -0.1) is 0 Å². The summed E-state index contributed by atoms with van der Waals surface area (Å²) in [6.45, 7) is 1.36. The Morgan fingerprint density at radius 3 is 2.25 bits per heavy atom. The van der Waals surface area contributed by atoms with Gasteiger partial charge < -0.3 is 19.7 Å². The molecular weight excluding hydrogens is 360 g/mol. The van der Waals surface area contributed by atoms with Crippen molar-refractivity contribution >= 4 is 23.3 Å². The molecule has 7 heteroatoms. The number of likely N-dealkylation sites (N-methyl/N-ethyl adjacent to an activating group) is 1. The van der Waals surface area contributed by atoms with Crippen LogP contribution in [0, 0.1) is 0 Å². The van der Waals surface area contributed by atoms with E-state index >= 15 is 0 Å². The fraction of sp³-hybridized carbons (Fsp3) is 0.286. The summed E-state index contributed by atoms with van der Waals surface area (Å²) in [6.07, 6.45) is 0.0244. The summed E-state index contributed by atoms with van der Waals surface area (Å²) < 4.78 is 10.3. The number of nitrogens with one attached hydrogen (secondary N) is 1. The molecule has 0 unspecified atom stereocenters. The van der Waals surface area contributed by atoms with E-state index in [4.69, 9.17) is 9.47 Å². The minimum Gasteiger partial charge on any atom is -0.497 e. The number of rotatable bonds is 8. The highest BCUT2D eigenvalue weighted by Gasteiger charge is 2.17. The molecule has 0 atom stereocenters. The number of carbonyl (C=O) groups excluding carboxylic acids is 3. The molecule has 2 aromatic rings. The van der Waals surface area contributed by atoms with Crippen LogP contribution in [0.2, 0.25) is 0 Å². The molecule has 2 aromatic carbocycles. The smallest absolute Gasteiger partial charge is 0.243 e. The molecule has 0 spiro atoms. The quantitative estimate of drug-likeness (QED) is 0.707. The Bertz CT molecular complexity index is 862. The maximum Gasteiger partial charge on any atom is 0.243 e. The van der Waals surface area contributed by atoms with Crippen LogP contribution >= 0.6 is 0 Å². The second-order valence-electron chi connectivity index (χ2n) is 6.29. The van der Waals surface area contributed by atoms with E-state index in [1.54, 1.807) is 56.6 Å². The number of Topliss-reactive ketones (excluding diaryl/α,β-unsaturated/α-hetero) is 1. The zero-order valence-corrected chi connectivity index (χ0v) is 16.4. The van der Waals surface area contributed by atoms with E-state index in [-0.39, 0.29) is 30.6 Å². The van der Waals surface area contributed by atoms with Gasteiger partial charge in [0.15, 0.2) is 5.78 Å². The lowest BCUT2D eigenvalue weighted by atomic mass is 10.0. The van der Waals surface area contributed by atoms with E-state index in [9.17, 15) is 14.4 Å². The van der Waals surface area contributed by atoms with Crippen LogP contribution in [0.15, 0.2) is 42.5 Å². The van der Waals surface area contributed by atoms with Crippen LogP contribution in [0.3, 0.4) is 0 Å². The van der Waals surface area contributed by atoms with Crippen molar-refractivity contribution < 1.29 is 23.9 Å². The predicted octanol–water partition coefficient (Wildman–Crippen LogP) is 2.55. The lowest BCUT2D eigenvalue weighted by molar-refractivity contribution is -0.132. The standard InChI is InChI=1S/C21H24N2O5/c1-14(24)15-5-10-19(28-4)16(11-15)12-21(26)23(2)13-20(25)22-17-6-8-18(27-3)9-7-17/h5-11H,12-13H2,1-4H3,(H,22,25). The molecule has 0 aliphatic rings. The van der Waals surface area contributed by atoms with E-state index in [0.29, 0.717) is 28.3 Å². The SMILES string of the molecule is COc1ccc(NC(=O)CN(C)C(=O)Cc2cc(C(C)=O)ccc2OC)cc1. The van der Waals surface area contributed by atoms with Crippen molar-refractivity contribution in [2.45, 2.75) is 13.3 Å². The van der Waals surface area contributed by atoms with Gasteiger partial charge in [0.1, 0.15) is 11.5 Å². The van der Waals surface area contributed by atoms with Gasteiger partial charge in [-0.1, -0.05) is 0 Å². The number of ketones is 1. The normalized spacial score (nSPS) is 10.1. The molecule has 0 aliphatic heterocycles. The third-order valence-electron chi connectivity index (χ3n) is 4.21. The number of carbonyl (C=O) groups is 3. The summed E-state index contributed by atoms with van der Waals surface area (Å²) in [5.74, 6) is 0.541. The fourth-order valence-corrected chi connectivity index (χ4v) is 2.61. The Morgan fingerprint density at radius 2 is 1.68 bits per heavy atom. The van der Waals surface area contributed by atoms with Gasteiger partial charge >= 0.3 is 0 Å². The first-order valence-corrected chi connectivity index (χ1v) is 8.69. The molecule has 0 aliphatic carbocycles. The Morgan fingerprint density at radius 1 is 1.00 bits per heavy atom. The number of hydrogen-bond acceptors (Lipinski definition) is 5. The molecule has 148 valence electrons. The van der Waals surface area contributed by atoms with Gasteiger partial charge in [-0.25, -0.2) is 0 Å². The summed E-state index contributed by atoms with van der Waals surface area (Å²) >= 11 is 0. The molecular formula is C21H24N2O5. The summed E-state index contributed by atoms with van der Waals surface area (Å²) in [4.78, 5) is 37.6. The second kappa shape index (κ2) is 9.55. The summed E-state index contributed by atoms with van der Waals surface area (Å²) in [7, 11) is 4.62. The third-order valence-corrected chi connectivity index (χ3v) is 4.21. The van der Waals surface area contributed by atoms with Crippen LogP contribution in [-0.4, -0.2) is 50.3 Å². The monoisotopic (exact) mass is 384 g/mol. The van der Waals surface area contributed by atoms with E-state index < -0.39 is 0 Å². The second-order valence-corrected chi connectivity index (χ2v) is 6.29. The molecule has 2 rings (SSSR count). The van der Waals surface area contributed by atoms with Crippen molar-refractivity contribution in [3.8, 4) is 11.5 Å². The van der Waals surface area contributed by atoms with Gasteiger partial charge in [0.05, 0.1) is 27.2 Å². The van der Waals surface area contributed by atoms with Crippen molar-refractivity contribution in [3.63, 3.8) is 0 Å². The number of amides is 2. The van der Waals surface area contributed by atoms with Crippen molar-refractivity contribution in [1.29, 1.82) is 0 Å². The van der Waals surface area contributed by atoms with Crippen LogP contribution in [0.25, 0.3) is 0 Å². The molecule has 0 radical (unpaired) electrons. The minimum atomic E-state index is -0.314. The first-order valence-electron chi connectivity index (χ1n) is 8.69. The van der Waals surface area contributed by atoms with Gasteiger partial charge in [0.2, 0.25) is 11.8 Å². The highest BCUT2D eigenvalue weighted by atomic mass is 16.5. The van der Waals surface area contributed by atoms with Crippen molar-refractivity contribution in [1.82, 2.24) is 4.90 Å². The van der Waals surface area contributed by atoms with Crippen LogP contribution in [0.4, 0.5) is 5.69 Å². The van der Waals surface area contributed by atoms with Crippen molar-refractivity contribution in [2.24, 2.45) is 0 Å². The van der Waals surface area contributed by atoms with E-state index in [1.165, 1.54) is 18.9 Å². The molecule has 0 heterocycles. The maximum absolute atomic E-state index is 12.5. The van der Waals surface area contributed by atoms with E-state index in [0.717, 1.165) is 0 Å². The van der Waals surface area contributed by atoms with Crippen LogP contribution < -0.4 is 14.8 Å². The molecule has 0 fully saturated rings. The van der Waals surface area contributed by atoms with Gasteiger partial charge in [-0.3, -0.25) is 14.4 Å². The summed E-state index contributed by atoms with van der Waals surface area (Å²) in [6, 6.07) is 11.9. The summed E-state index contributed by atoms with van der Waals surface area (Å²) in [5.41, 5.74) is 1.72. The number of benzene rings is 2. The predicted molar refractivity (Wildman–Crippen MR) is 106 cm³/mol. The Hall–Kier alpha value is -3.35. The van der Waals surface area contributed by atoms with Crippen LogP contribution in [-0.2, 0) is 16.0 Å². The van der Waals surface area contributed by atoms with E-state index in [2.05, 4.69) is 5.32 Å². The van der Waals surface area contributed by atoms with E-state index in [1.807, 2.05) is 0 Å². The molecule has 28 heavy (non-hydrogen) atoms. The van der Waals surface area contributed by atoms with Crippen molar-refractivity contribution in [3.05, 3.63) is 53.6 Å².